The smallest absolute Gasteiger partial charge is 0.268 e. The molecule has 0 atom stereocenters. The lowest BCUT2D eigenvalue weighted by molar-refractivity contribution is 0.447. The maximum absolute atomic E-state index is 12.2. The number of rotatable bonds is 6. The highest BCUT2D eigenvalue weighted by Gasteiger charge is 2.23. The summed E-state index contributed by atoms with van der Waals surface area (Å²) in [7, 11) is -3.70. The summed E-state index contributed by atoms with van der Waals surface area (Å²) >= 11 is 4.35. The highest BCUT2D eigenvalue weighted by atomic mass is 79.9. The number of nitrogens with zero attached hydrogens (tertiary/aromatic N) is 1. The molecule has 110 valence electrons. The van der Waals surface area contributed by atoms with Gasteiger partial charge in [-0.1, -0.05) is 13.8 Å². The lowest BCUT2D eigenvalue weighted by Crippen LogP contribution is -2.21. The summed E-state index contributed by atoms with van der Waals surface area (Å²) in [5.74, 6) is 0.546. The summed E-state index contributed by atoms with van der Waals surface area (Å²) in [6.45, 7) is 4.46. The van der Waals surface area contributed by atoms with Crippen LogP contribution in [0.15, 0.2) is 31.6 Å². The third-order valence-corrected chi connectivity index (χ3v) is 5.35. The molecule has 0 aromatic carbocycles. The molecule has 0 spiro atoms. The first-order chi connectivity index (χ1) is 9.38. The van der Waals surface area contributed by atoms with E-state index in [0.717, 1.165) is 0 Å². The van der Waals surface area contributed by atoms with Crippen LogP contribution in [0.2, 0.25) is 0 Å². The third-order valence-electron chi connectivity index (χ3n) is 2.33. The van der Waals surface area contributed by atoms with Gasteiger partial charge in [0.25, 0.3) is 10.0 Å². The van der Waals surface area contributed by atoms with Gasteiger partial charge in [-0.05, 0) is 15.9 Å². The van der Waals surface area contributed by atoms with Gasteiger partial charge in [0, 0.05) is 23.7 Å². The van der Waals surface area contributed by atoms with E-state index in [-0.39, 0.29) is 15.6 Å². The van der Waals surface area contributed by atoms with Gasteiger partial charge in [-0.3, -0.25) is 4.72 Å². The summed E-state index contributed by atoms with van der Waals surface area (Å²) in [6.07, 6.45) is 1.53. The van der Waals surface area contributed by atoms with Gasteiger partial charge in [-0.25, -0.2) is 13.4 Å². The van der Waals surface area contributed by atoms with Crippen molar-refractivity contribution in [3.63, 3.8) is 0 Å². The number of nitrogens with one attached hydrogen (secondary N) is 2. The number of halogens is 1. The standard InChI is InChI=1S/C11H14BrN3O3S2/c1-7(2)14-6-8-5-9(10(12)18-8)20(16,17)15-11-13-3-4-19-11/h3-5,7,14H,6H2,1-2H3,(H,13,15). The van der Waals surface area contributed by atoms with Crippen molar-refractivity contribution < 1.29 is 12.8 Å². The highest BCUT2D eigenvalue weighted by Crippen LogP contribution is 2.28. The molecule has 0 amide bonds. The minimum atomic E-state index is -3.70. The Kier molecular flexibility index (Phi) is 4.84. The van der Waals surface area contributed by atoms with Crippen molar-refractivity contribution in [3.05, 3.63) is 28.1 Å². The Morgan fingerprint density at radius 2 is 2.25 bits per heavy atom. The van der Waals surface area contributed by atoms with Crippen molar-refractivity contribution in [2.75, 3.05) is 4.72 Å². The molecule has 0 aliphatic heterocycles. The second kappa shape index (κ2) is 6.25. The fourth-order valence-corrected chi connectivity index (χ4v) is 4.20. The van der Waals surface area contributed by atoms with E-state index >= 15 is 0 Å². The molecule has 0 aliphatic rings. The second-order valence-electron chi connectivity index (χ2n) is 4.33. The van der Waals surface area contributed by atoms with Gasteiger partial charge >= 0.3 is 0 Å². The van der Waals surface area contributed by atoms with Crippen molar-refractivity contribution >= 4 is 42.4 Å². The number of anilines is 1. The van der Waals surface area contributed by atoms with E-state index in [1.165, 1.54) is 23.6 Å². The molecule has 6 nitrogen and oxygen atoms in total. The van der Waals surface area contributed by atoms with E-state index in [9.17, 15) is 8.42 Å². The largest absolute Gasteiger partial charge is 0.451 e. The summed E-state index contributed by atoms with van der Waals surface area (Å²) in [6, 6.07) is 1.78. The lowest BCUT2D eigenvalue weighted by Gasteiger charge is -2.04. The van der Waals surface area contributed by atoms with Crippen molar-refractivity contribution in [2.24, 2.45) is 0 Å². The predicted molar refractivity (Wildman–Crippen MR) is 81.3 cm³/mol. The summed E-state index contributed by atoms with van der Waals surface area (Å²) < 4.78 is 32.4. The Morgan fingerprint density at radius 3 is 2.85 bits per heavy atom. The quantitative estimate of drug-likeness (QED) is 0.805. The number of thiazole rings is 1. The van der Waals surface area contributed by atoms with Crippen molar-refractivity contribution in [1.29, 1.82) is 0 Å². The molecule has 0 radical (unpaired) electrons. The Bertz CT molecular complexity index is 665. The van der Waals surface area contributed by atoms with Crippen molar-refractivity contribution in [3.8, 4) is 0 Å². The molecule has 0 saturated heterocycles. The Hall–Kier alpha value is -0.900. The molecule has 2 N–H and O–H groups in total. The summed E-state index contributed by atoms with van der Waals surface area (Å²) in [5, 5.41) is 5.17. The molecular weight excluding hydrogens is 366 g/mol. The van der Waals surface area contributed by atoms with E-state index in [4.69, 9.17) is 4.42 Å². The van der Waals surface area contributed by atoms with Crippen LogP contribution in [0.3, 0.4) is 0 Å². The molecule has 0 bridgehead atoms. The number of aromatic nitrogens is 1. The molecule has 20 heavy (non-hydrogen) atoms. The van der Waals surface area contributed by atoms with E-state index in [1.807, 2.05) is 13.8 Å². The van der Waals surface area contributed by atoms with E-state index in [0.29, 0.717) is 17.4 Å². The van der Waals surface area contributed by atoms with Crippen molar-refractivity contribution in [2.45, 2.75) is 31.3 Å². The van der Waals surface area contributed by atoms with Crippen LogP contribution < -0.4 is 10.0 Å². The SMILES string of the molecule is CC(C)NCc1cc(S(=O)(=O)Nc2nccs2)c(Br)o1. The van der Waals surface area contributed by atoms with Crippen LogP contribution in [-0.2, 0) is 16.6 Å². The maximum atomic E-state index is 12.2. The van der Waals surface area contributed by atoms with Gasteiger partial charge in [-0.2, -0.15) is 0 Å². The minimum Gasteiger partial charge on any atom is -0.451 e. The molecule has 2 aromatic heterocycles. The fraction of sp³-hybridized carbons (Fsp3) is 0.364. The number of sulfonamides is 1. The molecule has 0 aliphatic carbocycles. The maximum Gasteiger partial charge on any atom is 0.268 e. The van der Waals surface area contributed by atoms with Crippen LogP contribution in [-0.4, -0.2) is 19.4 Å². The lowest BCUT2D eigenvalue weighted by atomic mass is 10.3. The summed E-state index contributed by atoms with van der Waals surface area (Å²) in [4.78, 5) is 3.96. The van der Waals surface area contributed by atoms with Crippen LogP contribution in [0.25, 0.3) is 0 Å². The fourth-order valence-electron chi connectivity index (χ4n) is 1.42. The Labute approximate surface area is 129 Å². The zero-order valence-electron chi connectivity index (χ0n) is 10.9. The zero-order chi connectivity index (χ0) is 14.8. The van der Waals surface area contributed by atoms with Gasteiger partial charge in [0.05, 0.1) is 6.54 Å². The molecule has 2 aromatic rings. The monoisotopic (exact) mass is 379 g/mol. The van der Waals surface area contributed by atoms with Crippen LogP contribution in [0.5, 0.6) is 0 Å². The van der Waals surface area contributed by atoms with Crippen LogP contribution in [0.1, 0.15) is 19.6 Å². The molecule has 0 saturated carbocycles. The zero-order valence-corrected chi connectivity index (χ0v) is 14.1. The first-order valence-corrected chi connectivity index (χ1v) is 8.98. The van der Waals surface area contributed by atoms with E-state index < -0.39 is 10.0 Å². The van der Waals surface area contributed by atoms with Gasteiger partial charge in [0.2, 0.25) is 0 Å². The van der Waals surface area contributed by atoms with Gasteiger partial charge in [0.15, 0.2) is 9.80 Å². The molecular formula is C11H14BrN3O3S2. The molecule has 2 rings (SSSR count). The minimum absolute atomic E-state index is 0.0632. The van der Waals surface area contributed by atoms with E-state index in [1.54, 1.807) is 5.38 Å². The molecule has 2 heterocycles. The summed E-state index contributed by atoms with van der Waals surface area (Å²) in [5.41, 5.74) is 0. The first kappa shape index (κ1) is 15.5. The third kappa shape index (κ3) is 3.81. The van der Waals surface area contributed by atoms with Crippen molar-refractivity contribution in [1.82, 2.24) is 10.3 Å². The second-order valence-corrected chi connectivity index (χ2v) is 7.59. The topological polar surface area (TPSA) is 84.2 Å². The predicted octanol–water partition coefficient (Wildman–Crippen LogP) is 2.80. The average Bonchev–Trinajstić information content (AvgIpc) is 2.95. The Balaban J connectivity index is 2.19. The number of hydrogen-bond acceptors (Lipinski definition) is 6. The van der Waals surface area contributed by atoms with Gasteiger partial charge < -0.3 is 9.73 Å². The van der Waals surface area contributed by atoms with Gasteiger partial charge in [0.1, 0.15) is 10.7 Å². The Morgan fingerprint density at radius 1 is 1.50 bits per heavy atom. The average molecular weight is 380 g/mol. The molecule has 9 heteroatoms. The van der Waals surface area contributed by atoms with Crippen LogP contribution in [0.4, 0.5) is 5.13 Å². The first-order valence-electron chi connectivity index (χ1n) is 5.82. The van der Waals surface area contributed by atoms with Crippen LogP contribution >= 0.6 is 27.3 Å². The molecule has 0 fully saturated rings. The highest BCUT2D eigenvalue weighted by molar-refractivity contribution is 9.10. The van der Waals surface area contributed by atoms with E-state index in [2.05, 4.69) is 31.0 Å². The normalized spacial score (nSPS) is 12.0. The number of furan rings is 1. The van der Waals surface area contributed by atoms with Crippen LogP contribution in [0, 0.1) is 0 Å². The van der Waals surface area contributed by atoms with Gasteiger partial charge in [-0.15, -0.1) is 11.3 Å². The number of hydrogen-bond donors (Lipinski definition) is 2. The molecule has 0 unspecified atom stereocenters.